The second-order valence-corrected chi connectivity index (χ2v) is 9.77. The van der Waals surface area contributed by atoms with Gasteiger partial charge in [0.05, 0.1) is 6.10 Å². The molecule has 178 valence electrons. The van der Waals surface area contributed by atoms with Crippen LogP contribution in [0.15, 0.2) is 65.3 Å². The normalized spacial score (nSPS) is 23.3. The van der Waals surface area contributed by atoms with Gasteiger partial charge >= 0.3 is 5.97 Å². The molecule has 2 aliphatic rings. The Hall–Kier alpha value is -2.47. The molecule has 2 N–H and O–H groups in total. The Kier molecular flexibility index (Phi) is 8.11. The fourth-order valence-corrected chi connectivity index (χ4v) is 4.82. The van der Waals surface area contributed by atoms with Gasteiger partial charge in [-0.1, -0.05) is 55.3 Å². The number of ether oxygens (including phenoxy) is 2. The number of rotatable bonds is 3. The Morgan fingerprint density at radius 3 is 2.48 bits per heavy atom. The van der Waals surface area contributed by atoms with E-state index in [1.54, 1.807) is 12.1 Å². The molecule has 0 aromatic heterocycles. The van der Waals surface area contributed by atoms with Crippen LogP contribution in [0.3, 0.4) is 0 Å². The van der Waals surface area contributed by atoms with Crippen molar-refractivity contribution in [3.63, 3.8) is 0 Å². The summed E-state index contributed by atoms with van der Waals surface area (Å²) in [4.78, 5) is 11.2. The summed E-state index contributed by atoms with van der Waals surface area (Å²) >= 11 is 0. The highest BCUT2D eigenvalue weighted by atomic mass is 16.6. The van der Waals surface area contributed by atoms with Crippen LogP contribution in [0.25, 0.3) is 10.8 Å². The Balaban J connectivity index is 0.000000186. The summed E-state index contributed by atoms with van der Waals surface area (Å²) in [6.07, 6.45) is 4.64. The number of hydrogen-bond acceptors (Lipinski definition) is 5. The van der Waals surface area contributed by atoms with Crippen LogP contribution in [0.1, 0.15) is 60.3 Å². The van der Waals surface area contributed by atoms with Gasteiger partial charge in [-0.2, -0.15) is 0 Å². The van der Waals surface area contributed by atoms with Gasteiger partial charge in [0.25, 0.3) is 0 Å². The Morgan fingerprint density at radius 1 is 1.15 bits per heavy atom. The van der Waals surface area contributed by atoms with Gasteiger partial charge in [-0.15, -0.1) is 0 Å². The maximum atomic E-state index is 11.2. The molecule has 0 amide bonds. The smallest absolute Gasteiger partial charge is 0.340 e. The molecule has 0 fully saturated rings. The molecule has 0 spiro atoms. The quantitative estimate of drug-likeness (QED) is 0.355. The predicted molar refractivity (Wildman–Crippen MR) is 131 cm³/mol. The van der Waals surface area contributed by atoms with Crippen LogP contribution in [-0.2, 0) is 9.53 Å². The van der Waals surface area contributed by atoms with Crippen LogP contribution in [0, 0.1) is 5.41 Å². The lowest BCUT2D eigenvalue weighted by atomic mass is 9.69. The van der Waals surface area contributed by atoms with Crippen molar-refractivity contribution in [2.75, 3.05) is 0 Å². The van der Waals surface area contributed by atoms with Gasteiger partial charge < -0.3 is 19.7 Å². The first-order chi connectivity index (χ1) is 15.6. The average molecular weight is 453 g/mol. The summed E-state index contributed by atoms with van der Waals surface area (Å²) in [5, 5.41) is 20.8. The van der Waals surface area contributed by atoms with Gasteiger partial charge in [-0.05, 0) is 86.4 Å². The predicted octanol–water partition coefficient (Wildman–Crippen LogP) is 5.69. The number of carbonyl (C=O) groups is 1. The molecule has 0 saturated heterocycles. The van der Waals surface area contributed by atoms with Crippen molar-refractivity contribution >= 4 is 16.7 Å². The minimum Gasteiger partial charge on any atom is -0.425 e. The number of esters is 1. The van der Waals surface area contributed by atoms with E-state index < -0.39 is 18.4 Å². The van der Waals surface area contributed by atoms with Crippen molar-refractivity contribution in [3.8, 4) is 5.75 Å². The highest BCUT2D eigenvalue weighted by Gasteiger charge is 2.36. The molecule has 0 saturated carbocycles. The summed E-state index contributed by atoms with van der Waals surface area (Å²) in [5.41, 5.74) is 4.34. The molecule has 1 heterocycles. The molecule has 4 rings (SSSR count). The van der Waals surface area contributed by atoms with Gasteiger partial charge in [0.15, 0.2) is 6.29 Å². The SMILES string of the molecule is CC(O)C(=O)Oc1ccc2ccccc2c1.CC1=CC(O)OC(C2=C(C)CCCC2(C)C)C1. The molecule has 5 heteroatoms. The minimum atomic E-state index is -1.11. The molecule has 2 aromatic carbocycles. The second-order valence-electron chi connectivity index (χ2n) is 9.77. The number of aliphatic hydroxyl groups is 2. The molecular formula is C28H36O5. The lowest BCUT2D eigenvalue weighted by Gasteiger charge is -2.40. The third kappa shape index (κ3) is 6.53. The van der Waals surface area contributed by atoms with Crippen LogP contribution in [0.5, 0.6) is 5.75 Å². The van der Waals surface area contributed by atoms with E-state index in [1.807, 2.05) is 36.4 Å². The van der Waals surface area contributed by atoms with Crippen LogP contribution < -0.4 is 4.74 Å². The summed E-state index contributed by atoms with van der Waals surface area (Å²) in [6, 6.07) is 13.1. The Bertz CT molecular complexity index is 1050. The fraction of sp³-hybridized carbons (Fsp3) is 0.464. The molecule has 2 aromatic rings. The molecule has 3 unspecified atom stereocenters. The number of hydrogen-bond donors (Lipinski definition) is 2. The van der Waals surface area contributed by atoms with Crippen molar-refractivity contribution in [2.45, 2.75) is 78.8 Å². The summed E-state index contributed by atoms with van der Waals surface area (Å²) in [6.45, 7) is 10.3. The van der Waals surface area contributed by atoms with E-state index in [2.05, 4.69) is 27.7 Å². The molecular weight excluding hydrogens is 416 g/mol. The largest absolute Gasteiger partial charge is 0.425 e. The van der Waals surface area contributed by atoms with E-state index in [1.165, 1.54) is 42.9 Å². The second kappa shape index (κ2) is 10.6. The molecule has 1 aliphatic carbocycles. The molecule has 0 bridgehead atoms. The van der Waals surface area contributed by atoms with E-state index in [9.17, 15) is 9.90 Å². The minimum absolute atomic E-state index is 0.0744. The van der Waals surface area contributed by atoms with E-state index in [0.717, 1.165) is 17.2 Å². The van der Waals surface area contributed by atoms with Crippen molar-refractivity contribution in [2.24, 2.45) is 5.41 Å². The zero-order valence-corrected chi connectivity index (χ0v) is 20.3. The number of benzene rings is 2. The van der Waals surface area contributed by atoms with Gasteiger partial charge in [-0.3, -0.25) is 0 Å². The first-order valence-electron chi connectivity index (χ1n) is 11.7. The maximum absolute atomic E-state index is 11.2. The van der Waals surface area contributed by atoms with Crippen molar-refractivity contribution in [3.05, 3.63) is 65.3 Å². The standard InChI is InChI=1S/C15H24O2.C13H12O3/c1-10-8-12(17-13(16)9-10)14-11(2)6-5-7-15(14,3)4;1-9(14)13(15)16-12-7-6-10-4-2-3-5-11(10)8-12/h9,12-13,16H,5-8H2,1-4H3;2-9,14H,1H3. The maximum Gasteiger partial charge on any atom is 0.340 e. The lowest BCUT2D eigenvalue weighted by molar-refractivity contribution is -0.142. The molecule has 3 atom stereocenters. The van der Waals surface area contributed by atoms with E-state index in [-0.39, 0.29) is 11.5 Å². The highest BCUT2D eigenvalue weighted by Crippen LogP contribution is 2.44. The first kappa shape index (κ1) is 25.2. The summed E-state index contributed by atoms with van der Waals surface area (Å²) < 4.78 is 10.7. The number of aliphatic hydroxyl groups excluding tert-OH is 2. The van der Waals surface area contributed by atoms with E-state index >= 15 is 0 Å². The first-order valence-corrected chi connectivity index (χ1v) is 11.7. The molecule has 0 radical (unpaired) electrons. The van der Waals surface area contributed by atoms with Gasteiger partial charge in [0, 0.05) is 0 Å². The monoisotopic (exact) mass is 452 g/mol. The van der Waals surface area contributed by atoms with Crippen LogP contribution >= 0.6 is 0 Å². The van der Waals surface area contributed by atoms with Crippen molar-refractivity contribution in [1.82, 2.24) is 0 Å². The molecule has 5 nitrogen and oxygen atoms in total. The molecule has 33 heavy (non-hydrogen) atoms. The average Bonchev–Trinajstić information content (AvgIpc) is 2.72. The van der Waals surface area contributed by atoms with Crippen LogP contribution in [-0.4, -0.2) is 34.7 Å². The number of fused-ring (bicyclic) bond motifs is 1. The van der Waals surface area contributed by atoms with Crippen LogP contribution in [0.4, 0.5) is 0 Å². The molecule has 1 aliphatic heterocycles. The van der Waals surface area contributed by atoms with Crippen molar-refractivity contribution < 1.29 is 24.5 Å². The highest BCUT2D eigenvalue weighted by molar-refractivity contribution is 5.85. The van der Waals surface area contributed by atoms with Crippen molar-refractivity contribution in [1.29, 1.82) is 0 Å². The number of allylic oxidation sites excluding steroid dienone is 1. The summed E-state index contributed by atoms with van der Waals surface area (Å²) in [5.74, 6) is -0.195. The third-order valence-corrected chi connectivity index (χ3v) is 6.38. The fourth-order valence-electron chi connectivity index (χ4n) is 4.82. The lowest BCUT2D eigenvalue weighted by Crippen LogP contribution is -2.35. The zero-order valence-electron chi connectivity index (χ0n) is 20.3. The topological polar surface area (TPSA) is 76.0 Å². The van der Waals surface area contributed by atoms with Gasteiger partial charge in [-0.25, -0.2) is 4.79 Å². The van der Waals surface area contributed by atoms with Gasteiger partial charge in [0.2, 0.25) is 0 Å². The zero-order chi connectivity index (χ0) is 24.2. The van der Waals surface area contributed by atoms with E-state index in [4.69, 9.17) is 14.6 Å². The number of carbonyl (C=O) groups excluding carboxylic acids is 1. The Labute approximate surface area is 196 Å². The van der Waals surface area contributed by atoms with Crippen LogP contribution in [0.2, 0.25) is 0 Å². The summed E-state index contributed by atoms with van der Waals surface area (Å²) in [7, 11) is 0. The Morgan fingerprint density at radius 2 is 1.85 bits per heavy atom. The third-order valence-electron chi connectivity index (χ3n) is 6.38. The van der Waals surface area contributed by atoms with E-state index in [0.29, 0.717) is 5.75 Å². The van der Waals surface area contributed by atoms with Gasteiger partial charge in [0.1, 0.15) is 11.9 Å².